The van der Waals surface area contributed by atoms with Crippen LogP contribution in [0.25, 0.3) is 0 Å². The van der Waals surface area contributed by atoms with Crippen molar-refractivity contribution in [2.45, 2.75) is 6.92 Å². The van der Waals surface area contributed by atoms with Gasteiger partial charge in [-0.1, -0.05) is 6.92 Å². The maximum absolute atomic E-state index is 13.1. The molecule has 0 saturated carbocycles. The van der Waals surface area contributed by atoms with E-state index >= 15 is 0 Å². The van der Waals surface area contributed by atoms with Crippen LogP contribution in [0.15, 0.2) is 18.2 Å². The third-order valence-electron chi connectivity index (χ3n) is 2.13. The van der Waals surface area contributed by atoms with Crippen LogP contribution in [0, 0.1) is 11.6 Å². The smallest absolute Gasteiger partial charge is 0.257 e. The van der Waals surface area contributed by atoms with Crippen molar-refractivity contribution in [3.63, 3.8) is 0 Å². The van der Waals surface area contributed by atoms with Crippen LogP contribution in [-0.4, -0.2) is 32.1 Å². The maximum atomic E-state index is 13.1. The lowest BCUT2D eigenvalue weighted by Crippen LogP contribution is -2.34. The van der Waals surface area contributed by atoms with Crippen molar-refractivity contribution in [3.05, 3.63) is 29.8 Å². The average Bonchev–Trinajstić information content (AvgIpc) is 2.33. The summed E-state index contributed by atoms with van der Waals surface area (Å²) in [4.78, 5) is 11.3. The topological polar surface area (TPSA) is 50.4 Å². The second kappa shape index (κ2) is 9.52. The number of carbonyl (C=O) groups is 1. The molecule has 0 atom stereocenters. The van der Waals surface area contributed by atoms with Gasteiger partial charge in [-0.25, -0.2) is 8.78 Å². The van der Waals surface area contributed by atoms with Crippen LogP contribution in [-0.2, 0) is 4.79 Å². The van der Waals surface area contributed by atoms with E-state index in [1.54, 1.807) is 0 Å². The molecular formula is C12H17ClF2N2O2. The molecule has 4 nitrogen and oxygen atoms in total. The number of nitrogens with one attached hydrogen (secondary N) is 2. The Morgan fingerprint density at radius 3 is 2.68 bits per heavy atom. The second-order valence-corrected chi connectivity index (χ2v) is 3.57. The number of rotatable bonds is 7. The molecule has 1 amide bonds. The molecule has 1 aromatic rings. The summed E-state index contributed by atoms with van der Waals surface area (Å²) in [5, 5.41) is 5.63. The molecule has 0 unspecified atom stereocenters. The summed E-state index contributed by atoms with van der Waals surface area (Å²) in [5.74, 6) is -2.00. The molecule has 19 heavy (non-hydrogen) atoms. The Morgan fingerprint density at radius 1 is 1.32 bits per heavy atom. The molecule has 1 rings (SSSR count). The van der Waals surface area contributed by atoms with Gasteiger partial charge in [-0.2, -0.15) is 0 Å². The minimum atomic E-state index is -0.824. The van der Waals surface area contributed by atoms with Gasteiger partial charge in [0, 0.05) is 19.2 Å². The van der Waals surface area contributed by atoms with Crippen molar-refractivity contribution in [3.8, 4) is 5.75 Å². The summed E-state index contributed by atoms with van der Waals surface area (Å²) in [6.45, 7) is 3.62. The van der Waals surface area contributed by atoms with E-state index in [0.717, 1.165) is 18.7 Å². The number of halogens is 3. The predicted molar refractivity (Wildman–Crippen MR) is 70.7 cm³/mol. The van der Waals surface area contributed by atoms with E-state index in [1.807, 2.05) is 6.92 Å². The number of carbonyl (C=O) groups excluding carboxylic acids is 1. The minimum Gasteiger partial charge on any atom is -0.481 e. The van der Waals surface area contributed by atoms with Crippen molar-refractivity contribution in [1.29, 1.82) is 0 Å². The minimum absolute atomic E-state index is 0. The van der Waals surface area contributed by atoms with Crippen LogP contribution in [0.5, 0.6) is 5.75 Å². The van der Waals surface area contributed by atoms with Crippen LogP contribution in [0.1, 0.15) is 6.92 Å². The molecule has 0 bridgehead atoms. The first-order valence-electron chi connectivity index (χ1n) is 5.68. The fourth-order valence-corrected chi connectivity index (χ4v) is 1.25. The first-order valence-corrected chi connectivity index (χ1v) is 5.68. The van der Waals surface area contributed by atoms with E-state index in [4.69, 9.17) is 4.74 Å². The lowest BCUT2D eigenvalue weighted by Gasteiger charge is -2.08. The molecule has 0 heterocycles. The zero-order chi connectivity index (χ0) is 13.4. The third-order valence-corrected chi connectivity index (χ3v) is 2.13. The normalized spacial score (nSPS) is 9.63. The van der Waals surface area contributed by atoms with E-state index in [2.05, 4.69) is 10.6 Å². The lowest BCUT2D eigenvalue weighted by atomic mass is 10.3. The number of amides is 1. The molecule has 0 fully saturated rings. The number of likely N-dealkylation sites (N-methyl/N-ethyl adjacent to an activating group) is 1. The van der Waals surface area contributed by atoms with E-state index in [-0.39, 0.29) is 30.7 Å². The Balaban J connectivity index is 0.00000324. The van der Waals surface area contributed by atoms with Gasteiger partial charge in [0.2, 0.25) is 0 Å². The molecule has 0 aliphatic carbocycles. The van der Waals surface area contributed by atoms with Crippen LogP contribution >= 0.6 is 12.4 Å². The van der Waals surface area contributed by atoms with Gasteiger partial charge in [0.05, 0.1) is 0 Å². The Labute approximate surface area is 116 Å². The summed E-state index contributed by atoms with van der Waals surface area (Å²) in [7, 11) is 0. The van der Waals surface area contributed by atoms with Crippen molar-refractivity contribution < 1.29 is 18.3 Å². The van der Waals surface area contributed by atoms with E-state index < -0.39 is 11.6 Å². The standard InChI is InChI=1S/C12H16F2N2O2.ClH/c1-2-15-5-6-16-12(17)8-18-11-4-3-9(13)7-10(11)14;/h3-4,7,15H,2,5-6,8H2,1H3,(H,16,17);1H. The van der Waals surface area contributed by atoms with Gasteiger partial charge < -0.3 is 15.4 Å². The van der Waals surface area contributed by atoms with Gasteiger partial charge >= 0.3 is 0 Å². The summed E-state index contributed by atoms with van der Waals surface area (Å²) >= 11 is 0. The molecule has 0 spiro atoms. The van der Waals surface area contributed by atoms with Gasteiger partial charge in [0.25, 0.3) is 5.91 Å². The van der Waals surface area contributed by atoms with Crippen molar-refractivity contribution in [2.24, 2.45) is 0 Å². The zero-order valence-electron chi connectivity index (χ0n) is 10.5. The van der Waals surface area contributed by atoms with Gasteiger partial charge in [-0.15, -0.1) is 12.4 Å². The first-order chi connectivity index (χ1) is 8.63. The molecule has 0 aromatic heterocycles. The zero-order valence-corrected chi connectivity index (χ0v) is 11.4. The molecule has 2 N–H and O–H groups in total. The van der Waals surface area contributed by atoms with Gasteiger partial charge in [-0.05, 0) is 18.7 Å². The molecule has 0 aliphatic rings. The molecule has 7 heteroatoms. The molecule has 1 aromatic carbocycles. The largest absolute Gasteiger partial charge is 0.481 e. The monoisotopic (exact) mass is 294 g/mol. The van der Waals surface area contributed by atoms with Crippen LogP contribution in [0.4, 0.5) is 8.78 Å². The van der Waals surface area contributed by atoms with Crippen molar-refractivity contribution in [1.82, 2.24) is 10.6 Å². The number of hydrogen-bond donors (Lipinski definition) is 2. The second-order valence-electron chi connectivity index (χ2n) is 3.57. The predicted octanol–water partition coefficient (Wildman–Crippen LogP) is 1.49. The SMILES string of the molecule is CCNCCNC(=O)COc1ccc(F)cc1F.Cl. The van der Waals surface area contributed by atoms with E-state index in [1.165, 1.54) is 0 Å². The molecular weight excluding hydrogens is 278 g/mol. The Bertz CT molecular complexity index is 405. The van der Waals surface area contributed by atoms with Crippen LogP contribution in [0.3, 0.4) is 0 Å². The first kappa shape index (κ1) is 17.6. The molecule has 0 aliphatic heterocycles. The Morgan fingerprint density at radius 2 is 2.05 bits per heavy atom. The van der Waals surface area contributed by atoms with Crippen LogP contribution < -0.4 is 15.4 Å². The summed E-state index contributed by atoms with van der Waals surface area (Å²) in [5.41, 5.74) is 0. The quantitative estimate of drug-likeness (QED) is 0.749. The van der Waals surface area contributed by atoms with Gasteiger partial charge in [0.1, 0.15) is 5.82 Å². The number of benzene rings is 1. The summed E-state index contributed by atoms with van der Waals surface area (Å²) < 4.78 is 30.7. The Hall–Kier alpha value is -1.40. The highest BCUT2D eigenvalue weighted by atomic mass is 35.5. The van der Waals surface area contributed by atoms with E-state index in [9.17, 15) is 13.6 Å². The molecule has 108 valence electrons. The van der Waals surface area contributed by atoms with Crippen LogP contribution in [0.2, 0.25) is 0 Å². The fraction of sp³-hybridized carbons (Fsp3) is 0.417. The summed E-state index contributed by atoms with van der Waals surface area (Å²) in [6.07, 6.45) is 0. The van der Waals surface area contributed by atoms with Gasteiger partial charge in [-0.3, -0.25) is 4.79 Å². The van der Waals surface area contributed by atoms with Crippen molar-refractivity contribution >= 4 is 18.3 Å². The molecule has 0 radical (unpaired) electrons. The Kier molecular flexibility index (Phi) is 8.82. The molecule has 0 saturated heterocycles. The highest BCUT2D eigenvalue weighted by Crippen LogP contribution is 2.17. The average molecular weight is 295 g/mol. The van der Waals surface area contributed by atoms with E-state index in [0.29, 0.717) is 19.2 Å². The van der Waals surface area contributed by atoms with Crippen molar-refractivity contribution in [2.75, 3.05) is 26.2 Å². The maximum Gasteiger partial charge on any atom is 0.257 e. The number of ether oxygens (including phenoxy) is 1. The third kappa shape index (κ3) is 6.93. The van der Waals surface area contributed by atoms with Gasteiger partial charge in [0.15, 0.2) is 18.2 Å². The highest BCUT2D eigenvalue weighted by Gasteiger charge is 2.07. The highest BCUT2D eigenvalue weighted by molar-refractivity contribution is 5.85. The fourth-order valence-electron chi connectivity index (χ4n) is 1.25. The summed E-state index contributed by atoms with van der Waals surface area (Å²) in [6, 6.07) is 2.93. The lowest BCUT2D eigenvalue weighted by molar-refractivity contribution is -0.123. The number of hydrogen-bond acceptors (Lipinski definition) is 3.